The van der Waals surface area contributed by atoms with Crippen molar-refractivity contribution in [3.8, 4) is 44.5 Å². The SMILES string of the molecule is c1ccc(-c2cc(-c3ccccc3)cc(N(c3ccc(-c4cc5ccccc5c5ccccc45)cc3)c3cccc(-c4cccc5oc6c7ccccc7ccc6c45)c3)c2)cc1. The lowest BCUT2D eigenvalue weighted by Gasteiger charge is -2.28. The van der Waals surface area contributed by atoms with Crippen LogP contribution >= 0.6 is 0 Å². The van der Waals surface area contributed by atoms with Gasteiger partial charge in [-0.15, -0.1) is 0 Å². The van der Waals surface area contributed by atoms with Gasteiger partial charge in [-0.3, -0.25) is 0 Å². The summed E-state index contributed by atoms with van der Waals surface area (Å²) in [6.07, 6.45) is 0. The third-order valence-electron chi connectivity index (χ3n) is 12.4. The van der Waals surface area contributed by atoms with Gasteiger partial charge in [-0.1, -0.05) is 176 Å². The van der Waals surface area contributed by atoms with Crippen LogP contribution in [0.5, 0.6) is 0 Å². The van der Waals surface area contributed by atoms with E-state index in [4.69, 9.17) is 4.42 Å². The standard InChI is InChI=1S/C60H39NO/c1-3-15-40(16-4-1)46-35-47(41-17-5-2-6-18-41)38-50(37-46)61(48-32-29-43(30-33-48)57-39-45-20-8-9-23-51(45)54-25-11-12-26-55(54)57)49-22-13-21-44(36-49)52-27-14-28-58-59(52)56-34-31-42-19-7-10-24-53(42)60(56)62-58/h1-39H. The van der Waals surface area contributed by atoms with Crippen LogP contribution in [0.1, 0.15) is 0 Å². The fourth-order valence-corrected chi connectivity index (χ4v) is 9.47. The van der Waals surface area contributed by atoms with E-state index in [-0.39, 0.29) is 0 Å². The molecule has 1 aromatic heterocycles. The second-order valence-electron chi connectivity index (χ2n) is 16.1. The predicted molar refractivity (Wildman–Crippen MR) is 263 cm³/mol. The van der Waals surface area contributed by atoms with Gasteiger partial charge in [0.25, 0.3) is 0 Å². The number of benzene rings is 11. The first kappa shape index (κ1) is 35.7. The molecule has 11 aromatic carbocycles. The monoisotopic (exact) mass is 789 g/mol. The topological polar surface area (TPSA) is 16.4 Å². The van der Waals surface area contributed by atoms with Gasteiger partial charge in [-0.25, -0.2) is 0 Å². The second kappa shape index (κ2) is 14.8. The minimum absolute atomic E-state index is 0.885. The number of nitrogens with zero attached hydrogens (tertiary/aromatic N) is 1. The molecule has 12 rings (SSSR count). The molecule has 0 spiro atoms. The zero-order valence-electron chi connectivity index (χ0n) is 33.9. The number of hydrogen-bond donors (Lipinski definition) is 0. The molecule has 0 bridgehead atoms. The maximum atomic E-state index is 6.64. The van der Waals surface area contributed by atoms with Gasteiger partial charge in [0.2, 0.25) is 0 Å². The average molecular weight is 790 g/mol. The molecular formula is C60H39NO. The summed E-state index contributed by atoms with van der Waals surface area (Å²) in [5.41, 5.74) is 14.3. The molecule has 0 N–H and O–H groups in total. The molecule has 0 fully saturated rings. The summed E-state index contributed by atoms with van der Waals surface area (Å²) >= 11 is 0. The van der Waals surface area contributed by atoms with Gasteiger partial charge in [0.05, 0.1) is 0 Å². The first-order valence-corrected chi connectivity index (χ1v) is 21.2. The van der Waals surface area contributed by atoms with Gasteiger partial charge in [0, 0.05) is 33.2 Å². The lowest BCUT2D eigenvalue weighted by Crippen LogP contribution is -2.10. The third kappa shape index (κ3) is 6.12. The van der Waals surface area contributed by atoms with Crippen LogP contribution < -0.4 is 4.90 Å². The fourth-order valence-electron chi connectivity index (χ4n) is 9.47. The number of furan rings is 1. The Bertz CT molecular complexity index is 3570. The Balaban J connectivity index is 1.06. The summed E-state index contributed by atoms with van der Waals surface area (Å²) in [6.45, 7) is 0. The maximum Gasteiger partial charge on any atom is 0.143 e. The third-order valence-corrected chi connectivity index (χ3v) is 12.4. The zero-order chi connectivity index (χ0) is 41.0. The van der Waals surface area contributed by atoms with Crippen LogP contribution in [0, 0.1) is 0 Å². The molecule has 0 atom stereocenters. The van der Waals surface area contributed by atoms with Crippen LogP contribution in [0.15, 0.2) is 241 Å². The largest absolute Gasteiger partial charge is 0.455 e. The Morgan fingerprint density at radius 3 is 1.61 bits per heavy atom. The molecule has 12 aromatic rings. The molecule has 2 heteroatoms. The number of rotatable bonds is 7. The van der Waals surface area contributed by atoms with E-state index in [1.165, 1.54) is 49.2 Å². The molecule has 0 amide bonds. The van der Waals surface area contributed by atoms with E-state index < -0.39 is 0 Å². The van der Waals surface area contributed by atoms with Crippen LogP contribution in [0.4, 0.5) is 17.1 Å². The molecule has 0 saturated heterocycles. The molecule has 1 heterocycles. The molecule has 290 valence electrons. The zero-order valence-corrected chi connectivity index (χ0v) is 33.9. The van der Waals surface area contributed by atoms with Crippen molar-refractivity contribution in [2.45, 2.75) is 0 Å². The molecule has 0 radical (unpaired) electrons. The van der Waals surface area contributed by atoms with Crippen LogP contribution in [0.25, 0.3) is 98.8 Å². The van der Waals surface area contributed by atoms with E-state index in [1.54, 1.807) is 0 Å². The summed E-state index contributed by atoms with van der Waals surface area (Å²) in [7, 11) is 0. The highest BCUT2D eigenvalue weighted by Gasteiger charge is 2.20. The highest BCUT2D eigenvalue weighted by molar-refractivity contribution is 6.19. The normalized spacial score (nSPS) is 11.5. The molecule has 0 aliphatic heterocycles. The summed E-state index contributed by atoms with van der Waals surface area (Å²) < 4.78 is 6.64. The van der Waals surface area contributed by atoms with E-state index in [0.29, 0.717) is 0 Å². The summed E-state index contributed by atoms with van der Waals surface area (Å²) in [5.74, 6) is 0. The number of fused-ring (bicyclic) bond motifs is 8. The van der Waals surface area contributed by atoms with Crippen molar-refractivity contribution in [2.24, 2.45) is 0 Å². The Kier molecular flexibility index (Phi) is 8.53. The number of anilines is 3. The molecule has 62 heavy (non-hydrogen) atoms. The van der Waals surface area contributed by atoms with Crippen molar-refractivity contribution < 1.29 is 4.42 Å². The van der Waals surface area contributed by atoms with Gasteiger partial charge < -0.3 is 9.32 Å². The summed E-state index contributed by atoms with van der Waals surface area (Å²) in [4.78, 5) is 2.41. The molecule has 0 aliphatic carbocycles. The van der Waals surface area contributed by atoms with Crippen molar-refractivity contribution in [2.75, 3.05) is 4.90 Å². The lowest BCUT2D eigenvalue weighted by molar-refractivity contribution is 0.673. The Morgan fingerprint density at radius 1 is 0.274 bits per heavy atom. The first-order valence-electron chi connectivity index (χ1n) is 21.2. The van der Waals surface area contributed by atoms with Crippen LogP contribution in [0.2, 0.25) is 0 Å². The van der Waals surface area contributed by atoms with E-state index >= 15 is 0 Å². The summed E-state index contributed by atoms with van der Waals surface area (Å²) in [5, 5.41) is 9.57. The molecular weight excluding hydrogens is 751 g/mol. The van der Waals surface area contributed by atoms with Crippen LogP contribution in [-0.4, -0.2) is 0 Å². The fraction of sp³-hybridized carbons (Fsp3) is 0. The highest BCUT2D eigenvalue weighted by Crippen LogP contribution is 2.44. The van der Waals surface area contributed by atoms with Gasteiger partial charge in [-0.05, 0) is 132 Å². The Labute approximate surface area is 360 Å². The van der Waals surface area contributed by atoms with Crippen molar-refractivity contribution in [3.05, 3.63) is 237 Å². The average Bonchev–Trinajstić information content (AvgIpc) is 3.74. The molecule has 0 aliphatic rings. The van der Waals surface area contributed by atoms with E-state index in [1.807, 2.05) is 0 Å². The van der Waals surface area contributed by atoms with Crippen LogP contribution in [0.3, 0.4) is 0 Å². The van der Waals surface area contributed by atoms with Crippen molar-refractivity contribution in [3.63, 3.8) is 0 Å². The molecule has 0 saturated carbocycles. The quantitative estimate of drug-likeness (QED) is 0.150. The van der Waals surface area contributed by atoms with Crippen LogP contribution in [-0.2, 0) is 0 Å². The minimum atomic E-state index is 0.885. The number of hydrogen-bond acceptors (Lipinski definition) is 2. The first-order chi connectivity index (χ1) is 30.7. The summed E-state index contributed by atoms with van der Waals surface area (Å²) in [6, 6.07) is 85.5. The molecule has 2 nitrogen and oxygen atoms in total. The van der Waals surface area contributed by atoms with Crippen molar-refractivity contribution >= 4 is 71.3 Å². The highest BCUT2D eigenvalue weighted by atomic mass is 16.3. The Morgan fingerprint density at radius 2 is 0.871 bits per heavy atom. The lowest BCUT2D eigenvalue weighted by atomic mass is 9.93. The molecule has 0 unspecified atom stereocenters. The maximum absolute atomic E-state index is 6.64. The van der Waals surface area contributed by atoms with E-state index in [9.17, 15) is 0 Å². The minimum Gasteiger partial charge on any atom is -0.455 e. The van der Waals surface area contributed by atoms with Crippen molar-refractivity contribution in [1.29, 1.82) is 0 Å². The van der Waals surface area contributed by atoms with Crippen molar-refractivity contribution in [1.82, 2.24) is 0 Å². The predicted octanol–water partition coefficient (Wildman–Crippen LogP) is 17.2. The second-order valence-corrected chi connectivity index (χ2v) is 16.1. The van der Waals surface area contributed by atoms with Gasteiger partial charge in [0.15, 0.2) is 0 Å². The van der Waals surface area contributed by atoms with Gasteiger partial charge >= 0.3 is 0 Å². The van der Waals surface area contributed by atoms with E-state index in [2.05, 4.69) is 241 Å². The Hall–Kier alpha value is -8.20. The van der Waals surface area contributed by atoms with Gasteiger partial charge in [-0.2, -0.15) is 0 Å². The smallest absolute Gasteiger partial charge is 0.143 e. The van der Waals surface area contributed by atoms with E-state index in [0.717, 1.165) is 66.6 Å². The van der Waals surface area contributed by atoms with Gasteiger partial charge in [0.1, 0.15) is 11.2 Å².